The maximum Gasteiger partial charge on any atom is 0.176 e. The van der Waals surface area contributed by atoms with Gasteiger partial charge in [0.05, 0.1) is 12.9 Å². The van der Waals surface area contributed by atoms with Gasteiger partial charge in [-0.2, -0.15) is 10.5 Å². The Bertz CT molecular complexity index is 634. The van der Waals surface area contributed by atoms with Gasteiger partial charge in [-0.1, -0.05) is 0 Å². The van der Waals surface area contributed by atoms with Crippen LogP contribution in [0.1, 0.15) is 37.1 Å². The van der Waals surface area contributed by atoms with Crippen molar-refractivity contribution in [3.05, 3.63) is 35.9 Å². The second-order valence-corrected chi connectivity index (χ2v) is 4.14. The number of aromatic nitrogens is 4. The molecule has 0 bridgehead atoms. The zero-order valence-corrected chi connectivity index (χ0v) is 10.2. The maximum absolute atomic E-state index is 9.04. The zero-order valence-electron chi connectivity index (χ0n) is 10.2. The average Bonchev–Trinajstić information content (AvgIpc) is 2.95. The fraction of sp³-hybridized carbons (Fsp3) is 0.333. The van der Waals surface area contributed by atoms with Crippen LogP contribution >= 0.6 is 0 Å². The highest BCUT2D eigenvalue weighted by molar-refractivity contribution is 5.36. The van der Waals surface area contributed by atoms with Crippen LogP contribution in [0.3, 0.4) is 0 Å². The Labute approximate surface area is 105 Å². The van der Waals surface area contributed by atoms with E-state index in [9.17, 15) is 0 Å². The summed E-state index contributed by atoms with van der Waals surface area (Å²) < 4.78 is 3.66. The fourth-order valence-electron chi connectivity index (χ4n) is 1.79. The van der Waals surface area contributed by atoms with Gasteiger partial charge >= 0.3 is 0 Å². The molecule has 6 nitrogen and oxygen atoms in total. The summed E-state index contributed by atoms with van der Waals surface area (Å²) in [6.45, 7) is 4.55. The molecule has 0 atom stereocenters. The number of nitriles is 2. The van der Waals surface area contributed by atoms with Crippen molar-refractivity contribution < 1.29 is 0 Å². The van der Waals surface area contributed by atoms with Crippen LogP contribution in [-0.2, 0) is 6.54 Å². The van der Waals surface area contributed by atoms with Gasteiger partial charge in [0.2, 0.25) is 0 Å². The lowest BCUT2D eigenvalue weighted by Gasteiger charge is -2.11. The van der Waals surface area contributed by atoms with Crippen molar-refractivity contribution in [3.8, 4) is 12.1 Å². The van der Waals surface area contributed by atoms with E-state index in [2.05, 4.69) is 23.8 Å². The van der Waals surface area contributed by atoms with Gasteiger partial charge in [-0.05, 0) is 13.8 Å². The lowest BCUT2D eigenvalue weighted by Crippen LogP contribution is -2.10. The molecule has 0 N–H and O–H groups in total. The van der Waals surface area contributed by atoms with Crippen LogP contribution in [0.2, 0.25) is 0 Å². The summed E-state index contributed by atoms with van der Waals surface area (Å²) in [7, 11) is 0. The van der Waals surface area contributed by atoms with E-state index in [1.54, 1.807) is 10.8 Å². The molecule has 18 heavy (non-hydrogen) atoms. The second kappa shape index (κ2) is 4.72. The predicted octanol–water partition coefficient (Wildman–Crippen LogP) is 1.45. The molecule has 0 aromatic carbocycles. The molecule has 0 aliphatic rings. The van der Waals surface area contributed by atoms with Gasteiger partial charge in [-0.25, -0.2) is 9.97 Å². The molecular formula is C12H12N6. The van der Waals surface area contributed by atoms with E-state index in [4.69, 9.17) is 10.5 Å². The molecule has 0 saturated carbocycles. The zero-order chi connectivity index (χ0) is 13.1. The van der Waals surface area contributed by atoms with Crippen LogP contribution < -0.4 is 0 Å². The Kier molecular flexibility index (Phi) is 3.11. The molecule has 2 aromatic heterocycles. The number of rotatable bonds is 3. The van der Waals surface area contributed by atoms with Gasteiger partial charge in [0.1, 0.15) is 18.0 Å². The molecule has 2 rings (SSSR count). The molecule has 0 aliphatic heterocycles. The number of hydrogen-bond acceptors (Lipinski definition) is 4. The normalized spacial score (nSPS) is 10.3. The Morgan fingerprint density at radius 1 is 1.28 bits per heavy atom. The minimum absolute atomic E-state index is 0.153. The average molecular weight is 240 g/mol. The standard InChI is InChI=1S/C12H12N6/c1-9(2)18-4-3-15-12(18)7-17-8-16-10(5-13)11(17)6-14/h3-4,8-9H,7H2,1-2H3. The van der Waals surface area contributed by atoms with Crippen LogP contribution in [0.25, 0.3) is 0 Å². The van der Waals surface area contributed by atoms with Crippen LogP contribution in [0.15, 0.2) is 18.7 Å². The summed E-state index contributed by atoms with van der Waals surface area (Å²) in [5.41, 5.74) is 0.427. The molecule has 2 aromatic rings. The molecule has 0 amide bonds. The summed E-state index contributed by atoms with van der Waals surface area (Å²) >= 11 is 0. The van der Waals surface area contributed by atoms with Gasteiger partial charge in [0, 0.05) is 18.4 Å². The molecule has 0 spiro atoms. The van der Waals surface area contributed by atoms with Crippen molar-refractivity contribution in [1.29, 1.82) is 10.5 Å². The Balaban J connectivity index is 2.36. The van der Waals surface area contributed by atoms with Crippen LogP contribution in [-0.4, -0.2) is 19.1 Å². The van der Waals surface area contributed by atoms with Crippen molar-refractivity contribution in [3.63, 3.8) is 0 Å². The van der Waals surface area contributed by atoms with E-state index < -0.39 is 0 Å². The van der Waals surface area contributed by atoms with Gasteiger partial charge in [0.15, 0.2) is 11.4 Å². The Morgan fingerprint density at radius 2 is 2.06 bits per heavy atom. The summed E-state index contributed by atoms with van der Waals surface area (Å²) in [6, 6.07) is 4.20. The van der Waals surface area contributed by atoms with E-state index in [1.165, 1.54) is 6.33 Å². The third kappa shape index (κ3) is 1.96. The highest BCUT2D eigenvalue weighted by atomic mass is 15.1. The molecule has 0 fully saturated rings. The molecule has 0 saturated heterocycles. The lowest BCUT2D eigenvalue weighted by atomic mass is 10.3. The first-order chi connectivity index (χ1) is 8.67. The Hall–Kier alpha value is -2.60. The van der Waals surface area contributed by atoms with E-state index in [1.807, 2.05) is 22.9 Å². The number of nitrogens with zero attached hydrogens (tertiary/aromatic N) is 6. The first-order valence-corrected chi connectivity index (χ1v) is 5.54. The topological polar surface area (TPSA) is 83.2 Å². The highest BCUT2D eigenvalue weighted by Crippen LogP contribution is 2.12. The van der Waals surface area contributed by atoms with Gasteiger partial charge in [-0.3, -0.25) is 0 Å². The van der Waals surface area contributed by atoms with Gasteiger partial charge < -0.3 is 9.13 Å². The van der Waals surface area contributed by atoms with Crippen molar-refractivity contribution in [2.24, 2.45) is 0 Å². The summed E-state index contributed by atoms with van der Waals surface area (Å²) in [4.78, 5) is 8.17. The quantitative estimate of drug-likeness (QED) is 0.812. The van der Waals surface area contributed by atoms with E-state index in [-0.39, 0.29) is 11.4 Å². The minimum atomic E-state index is 0.153. The molecule has 0 aliphatic carbocycles. The first-order valence-electron chi connectivity index (χ1n) is 5.54. The summed E-state index contributed by atoms with van der Waals surface area (Å²) in [5.74, 6) is 0.836. The van der Waals surface area contributed by atoms with Gasteiger partial charge in [-0.15, -0.1) is 0 Å². The van der Waals surface area contributed by atoms with Crippen molar-refractivity contribution in [1.82, 2.24) is 19.1 Å². The lowest BCUT2D eigenvalue weighted by molar-refractivity contribution is 0.552. The van der Waals surface area contributed by atoms with Crippen LogP contribution in [0.4, 0.5) is 0 Å². The van der Waals surface area contributed by atoms with Crippen LogP contribution in [0, 0.1) is 22.7 Å². The van der Waals surface area contributed by atoms with Crippen molar-refractivity contribution >= 4 is 0 Å². The predicted molar refractivity (Wildman–Crippen MR) is 63.4 cm³/mol. The molecule has 0 unspecified atom stereocenters. The third-order valence-corrected chi connectivity index (χ3v) is 2.67. The minimum Gasteiger partial charge on any atom is -0.331 e. The van der Waals surface area contributed by atoms with E-state index in [0.717, 1.165) is 5.82 Å². The first kappa shape index (κ1) is 11.9. The molecule has 0 radical (unpaired) electrons. The maximum atomic E-state index is 9.04. The number of imidazole rings is 2. The highest BCUT2D eigenvalue weighted by Gasteiger charge is 2.13. The fourth-order valence-corrected chi connectivity index (χ4v) is 1.79. The van der Waals surface area contributed by atoms with Crippen molar-refractivity contribution in [2.75, 3.05) is 0 Å². The molecule has 6 heteroatoms. The third-order valence-electron chi connectivity index (χ3n) is 2.67. The van der Waals surface area contributed by atoms with Crippen LogP contribution in [0.5, 0.6) is 0 Å². The SMILES string of the molecule is CC(C)n1ccnc1Cn1cnc(C#N)c1C#N. The Morgan fingerprint density at radius 3 is 2.67 bits per heavy atom. The summed E-state index contributed by atoms with van der Waals surface area (Å²) in [5, 5.41) is 17.9. The van der Waals surface area contributed by atoms with E-state index >= 15 is 0 Å². The van der Waals surface area contributed by atoms with Gasteiger partial charge in [0.25, 0.3) is 0 Å². The largest absolute Gasteiger partial charge is 0.331 e. The molecule has 2 heterocycles. The molecule has 90 valence electrons. The number of hydrogen-bond donors (Lipinski definition) is 0. The van der Waals surface area contributed by atoms with Crippen molar-refractivity contribution in [2.45, 2.75) is 26.4 Å². The molecular weight excluding hydrogens is 228 g/mol. The van der Waals surface area contributed by atoms with E-state index in [0.29, 0.717) is 12.6 Å². The summed E-state index contributed by atoms with van der Waals surface area (Å²) in [6.07, 6.45) is 5.12. The second-order valence-electron chi connectivity index (χ2n) is 4.14. The smallest absolute Gasteiger partial charge is 0.176 e. The monoisotopic (exact) mass is 240 g/mol.